The Bertz CT molecular complexity index is 684. The van der Waals surface area contributed by atoms with Gasteiger partial charge in [-0.1, -0.05) is 23.7 Å². The Labute approximate surface area is 131 Å². The second-order valence-electron chi connectivity index (χ2n) is 4.57. The SMILES string of the molecule is NC(=O)c1ccc(Oc2ccccc2C2(Cl)OCCO2)cn1. The lowest BCUT2D eigenvalue weighted by atomic mass is 10.2. The molecule has 2 heterocycles. The maximum absolute atomic E-state index is 11.0. The second kappa shape index (κ2) is 5.92. The third-order valence-corrected chi connectivity index (χ3v) is 3.51. The number of nitrogens with two attached hydrogens (primary N) is 1. The summed E-state index contributed by atoms with van der Waals surface area (Å²) in [5.74, 6) is 0.322. The zero-order valence-electron chi connectivity index (χ0n) is 11.5. The van der Waals surface area contributed by atoms with E-state index in [1.807, 2.05) is 6.07 Å². The van der Waals surface area contributed by atoms with Gasteiger partial charge < -0.3 is 19.9 Å². The molecule has 0 unspecified atom stereocenters. The maximum atomic E-state index is 11.0. The summed E-state index contributed by atoms with van der Waals surface area (Å²) in [6.45, 7) is 0.819. The van der Waals surface area contributed by atoms with E-state index in [9.17, 15) is 4.79 Å². The van der Waals surface area contributed by atoms with Gasteiger partial charge in [0.05, 0.1) is 25.0 Å². The number of alkyl halides is 1. The van der Waals surface area contributed by atoms with Gasteiger partial charge in [-0.2, -0.15) is 0 Å². The molecule has 0 atom stereocenters. The molecule has 1 aromatic carbocycles. The summed E-state index contributed by atoms with van der Waals surface area (Å²) in [7, 11) is 0. The van der Waals surface area contributed by atoms with Gasteiger partial charge in [-0.3, -0.25) is 4.79 Å². The summed E-state index contributed by atoms with van der Waals surface area (Å²) in [4.78, 5) is 14.9. The van der Waals surface area contributed by atoms with Crippen LogP contribution in [0.5, 0.6) is 11.5 Å². The van der Waals surface area contributed by atoms with Crippen LogP contribution >= 0.6 is 11.6 Å². The molecule has 6 nitrogen and oxygen atoms in total. The van der Waals surface area contributed by atoms with Crippen molar-refractivity contribution in [3.05, 3.63) is 53.9 Å². The molecule has 1 saturated heterocycles. The fraction of sp³-hybridized carbons (Fsp3) is 0.200. The Morgan fingerprint density at radius 3 is 2.59 bits per heavy atom. The number of primary amides is 1. The lowest BCUT2D eigenvalue weighted by molar-refractivity contribution is -0.0907. The molecule has 0 radical (unpaired) electrons. The smallest absolute Gasteiger partial charge is 0.280 e. The van der Waals surface area contributed by atoms with E-state index >= 15 is 0 Å². The molecule has 0 bridgehead atoms. The number of carbonyl (C=O) groups is 1. The lowest BCUT2D eigenvalue weighted by Gasteiger charge is -2.22. The van der Waals surface area contributed by atoms with Gasteiger partial charge in [-0.25, -0.2) is 4.98 Å². The highest BCUT2D eigenvalue weighted by Crippen LogP contribution is 2.41. The molecule has 0 saturated carbocycles. The number of rotatable bonds is 4. The number of para-hydroxylation sites is 1. The van der Waals surface area contributed by atoms with Crippen LogP contribution in [0, 0.1) is 0 Å². The van der Waals surface area contributed by atoms with Gasteiger partial charge in [0.25, 0.3) is 11.2 Å². The van der Waals surface area contributed by atoms with Crippen LogP contribution in [0.1, 0.15) is 16.1 Å². The zero-order chi connectivity index (χ0) is 15.6. The summed E-state index contributed by atoms with van der Waals surface area (Å²) in [6, 6.07) is 10.2. The number of hydrogen-bond acceptors (Lipinski definition) is 5. The Morgan fingerprint density at radius 2 is 1.95 bits per heavy atom. The first kappa shape index (κ1) is 14.8. The minimum Gasteiger partial charge on any atom is -0.455 e. The van der Waals surface area contributed by atoms with E-state index in [4.69, 9.17) is 31.5 Å². The minimum atomic E-state index is -1.35. The molecular weight excluding hydrogens is 308 g/mol. The number of hydrogen-bond donors (Lipinski definition) is 1. The van der Waals surface area contributed by atoms with E-state index in [-0.39, 0.29) is 5.69 Å². The van der Waals surface area contributed by atoms with E-state index in [0.29, 0.717) is 30.3 Å². The lowest BCUT2D eigenvalue weighted by Crippen LogP contribution is -2.19. The predicted molar refractivity (Wildman–Crippen MR) is 78.7 cm³/mol. The highest BCUT2D eigenvalue weighted by Gasteiger charge is 2.39. The van der Waals surface area contributed by atoms with Crippen LogP contribution in [0.25, 0.3) is 0 Å². The number of halogens is 1. The number of aromatic nitrogens is 1. The normalized spacial score (nSPS) is 16.4. The Kier molecular flexibility index (Phi) is 3.98. The molecule has 2 aromatic rings. The first-order chi connectivity index (χ1) is 10.6. The Hall–Kier alpha value is -2.15. The zero-order valence-corrected chi connectivity index (χ0v) is 12.2. The van der Waals surface area contributed by atoms with Gasteiger partial charge in [0.1, 0.15) is 17.2 Å². The number of ether oxygens (including phenoxy) is 3. The quantitative estimate of drug-likeness (QED) is 0.874. The number of pyridine rings is 1. The number of benzene rings is 1. The van der Waals surface area contributed by atoms with E-state index in [1.165, 1.54) is 12.3 Å². The first-order valence-corrected chi connectivity index (χ1v) is 6.96. The fourth-order valence-corrected chi connectivity index (χ4v) is 2.37. The van der Waals surface area contributed by atoms with E-state index < -0.39 is 11.2 Å². The van der Waals surface area contributed by atoms with Crippen LogP contribution in [0.2, 0.25) is 0 Å². The molecule has 0 spiro atoms. The number of carbonyl (C=O) groups excluding carboxylic acids is 1. The molecule has 0 aliphatic carbocycles. The van der Waals surface area contributed by atoms with Crippen molar-refractivity contribution in [2.75, 3.05) is 13.2 Å². The van der Waals surface area contributed by atoms with Crippen LogP contribution in [-0.2, 0) is 14.7 Å². The van der Waals surface area contributed by atoms with Crippen LogP contribution < -0.4 is 10.5 Å². The van der Waals surface area contributed by atoms with Crippen LogP contribution in [0.3, 0.4) is 0 Å². The van der Waals surface area contributed by atoms with E-state index in [2.05, 4.69) is 4.98 Å². The van der Waals surface area contributed by atoms with Crippen LogP contribution in [0.15, 0.2) is 42.6 Å². The molecule has 1 amide bonds. The molecule has 3 rings (SSSR count). The monoisotopic (exact) mass is 320 g/mol. The average Bonchev–Trinajstić information content (AvgIpc) is 2.96. The van der Waals surface area contributed by atoms with Crippen molar-refractivity contribution < 1.29 is 19.0 Å². The van der Waals surface area contributed by atoms with Crippen LogP contribution in [0.4, 0.5) is 0 Å². The maximum Gasteiger partial charge on any atom is 0.280 e. The molecule has 114 valence electrons. The van der Waals surface area contributed by atoms with Gasteiger partial charge in [0.2, 0.25) is 0 Å². The van der Waals surface area contributed by atoms with Gasteiger partial charge in [-0.15, -0.1) is 0 Å². The van der Waals surface area contributed by atoms with Gasteiger partial charge in [0.15, 0.2) is 0 Å². The summed E-state index contributed by atoms with van der Waals surface area (Å²) < 4.78 is 16.6. The van der Waals surface area contributed by atoms with Gasteiger partial charge >= 0.3 is 0 Å². The highest BCUT2D eigenvalue weighted by molar-refractivity contribution is 6.22. The summed E-state index contributed by atoms with van der Waals surface area (Å²) >= 11 is 6.33. The van der Waals surface area contributed by atoms with Crippen molar-refractivity contribution in [1.82, 2.24) is 4.98 Å². The molecule has 1 aromatic heterocycles. The summed E-state index contributed by atoms with van der Waals surface area (Å²) in [5, 5.41) is -1.35. The van der Waals surface area contributed by atoms with Crippen molar-refractivity contribution in [2.24, 2.45) is 5.73 Å². The van der Waals surface area contributed by atoms with Crippen molar-refractivity contribution in [1.29, 1.82) is 0 Å². The summed E-state index contributed by atoms with van der Waals surface area (Å²) in [6.07, 6.45) is 1.41. The molecule has 2 N–H and O–H groups in total. The third-order valence-electron chi connectivity index (χ3n) is 3.08. The minimum absolute atomic E-state index is 0.164. The number of nitrogens with zero attached hydrogens (tertiary/aromatic N) is 1. The molecule has 22 heavy (non-hydrogen) atoms. The molecule has 1 aliphatic rings. The van der Waals surface area contributed by atoms with Gasteiger partial charge in [-0.05, 0) is 24.3 Å². The van der Waals surface area contributed by atoms with E-state index in [1.54, 1.807) is 24.3 Å². The molecule has 1 aliphatic heterocycles. The molecular formula is C15H13ClN2O4. The van der Waals surface area contributed by atoms with Crippen LogP contribution in [-0.4, -0.2) is 24.1 Å². The predicted octanol–water partition coefficient (Wildman–Crippen LogP) is 2.37. The standard InChI is InChI=1S/C15H13ClN2O4/c16-15(20-7-8-21-15)11-3-1-2-4-13(11)22-10-5-6-12(14(17)19)18-9-10/h1-6,9H,7-8H2,(H2,17,19). The average molecular weight is 321 g/mol. The fourth-order valence-electron chi connectivity index (χ4n) is 2.06. The number of amides is 1. The first-order valence-electron chi connectivity index (χ1n) is 6.58. The topological polar surface area (TPSA) is 83.7 Å². The van der Waals surface area contributed by atoms with Crippen molar-refractivity contribution in [3.8, 4) is 11.5 Å². The van der Waals surface area contributed by atoms with E-state index in [0.717, 1.165) is 0 Å². The van der Waals surface area contributed by atoms with Crippen molar-refractivity contribution in [2.45, 2.75) is 5.25 Å². The Balaban J connectivity index is 1.88. The van der Waals surface area contributed by atoms with Crippen molar-refractivity contribution >= 4 is 17.5 Å². The Morgan fingerprint density at radius 1 is 1.23 bits per heavy atom. The highest BCUT2D eigenvalue weighted by atomic mass is 35.5. The largest absolute Gasteiger partial charge is 0.455 e. The molecule has 7 heteroatoms. The molecule has 1 fully saturated rings. The van der Waals surface area contributed by atoms with Crippen molar-refractivity contribution in [3.63, 3.8) is 0 Å². The van der Waals surface area contributed by atoms with Gasteiger partial charge in [0, 0.05) is 0 Å². The summed E-state index contributed by atoms with van der Waals surface area (Å²) in [5.41, 5.74) is 5.87. The third kappa shape index (κ3) is 2.89. The second-order valence-corrected chi connectivity index (χ2v) is 5.07.